The maximum atomic E-state index is 13.1. The van der Waals surface area contributed by atoms with Crippen LogP contribution in [0, 0.1) is 0 Å². The van der Waals surface area contributed by atoms with Crippen molar-refractivity contribution in [2.75, 3.05) is 6.67 Å². The Kier molecular flexibility index (Phi) is 4.98. The molecule has 3 aromatic rings. The molecule has 1 fully saturated rings. The number of nitrogens with zero attached hydrogens (tertiary/aromatic N) is 3. The van der Waals surface area contributed by atoms with Gasteiger partial charge < -0.3 is 4.40 Å². The Hall–Kier alpha value is -1.21. The van der Waals surface area contributed by atoms with E-state index in [1.54, 1.807) is 6.07 Å². The second-order valence-electron chi connectivity index (χ2n) is 6.39. The Labute approximate surface area is 174 Å². The van der Waals surface area contributed by atoms with Crippen molar-refractivity contribution in [1.29, 1.82) is 0 Å². The zero-order chi connectivity index (χ0) is 20.3. The molecule has 3 aromatic heterocycles. The number of rotatable bonds is 6. The number of hydrogen-bond donors (Lipinski definition) is 1. The van der Waals surface area contributed by atoms with E-state index in [2.05, 4.69) is 30.8 Å². The molecule has 0 unspecified atom stereocenters. The third-order valence-corrected chi connectivity index (χ3v) is 7.75. The second-order valence-corrected chi connectivity index (χ2v) is 10.3. The molecule has 0 radical (unpaired) electrons. The van der Waals surface area contributed by atoms with Crippen molar-refractivity contribution >= 4 is 54.4 Å². The highest BCUT2D eigenvalue weighted by Gasteiger charge is 2.46. The molecular formula is C15H11BrClF3N4O2S2. The van der Waals surface area contributed by atoms with Crippen LogP contribution in [0.4, 0.5) is 13.2 Å². The molecular weight excluding hydrogens is 505 g/mol. The van der Waals surface area contributed by atoms with Gasteiger partial charge in [0.15, 0.2) is 10.0 Å². The Morgan fingerprint density at radius 1 is 1.36 bits per heavy atom. The number of hydrogen-bond acceptors (Lipinski definition) is 5. The predicted molar refractivity (Wildman–Crippen MR) is 102 cm³/mol. The summed E-state index contributed by atoms with van der Waals surface area (Å²) in [5, 5.41) is 7.06. The molecule has 0 aromatic carbocycles. The third-order valence-electron chi connectivity index (χ3n) is 4.36. The van der Waals surface area contributed by atoms with Gasteiger partial charge in [-0.2, -0.15) is 0 Å². The molecule has 1 N–H and O–H groups in total. The van der Waals surface area contributed by atoms with Crippen molar-refractivity contribution in [2.45, 2.75) is 29.7 Å². The van der Waals surface area contributed by atoms with Crippen molar-refractivity contribution in [3.8, 4) is 10.7 Å². The average molecular weight is 516 g/mol. The number of fused-ring (bicyclic) bond motifs is 1. The highest BCUT2D eigenvalue weighted by Crippen LogP contribution is 2.39. The second kappa shape index (κ2) is 6.94. The van der Waals surface area contributed by atoms with E-state index in [9.17, 15) is 21.6 Å². The summed E-state index contributed by atoms with van der Waals surface area (Å²) in [6.45, 7) is -0.802. The predicted octanol–water partition coefficient (Wildman–Crippen LogP) is 4.59. The highest BCUT2D eigenvalue weighted by atomic mass is 79.9. The summed E-state index contributed by atoms with van der Waals surface area (Å²) in [6.07, 6.45) is -0.637. The van der Waals surface area contributed by atoms with Crippen molar-refractivity contribution in [3.05, 3.63) is 32.8 Å². The van der Waals surface area contributed by atoms with Crippen LogP contribution in [0.15, 0.2) is 27.7 Å². The molecule has 0 saturated heterocycles. The summed E-state index contributed by atoms with van der Waals surface area (Å²) in [6, 6.07) is 2.84. The summed E-state index contributed by atoms with van der Waals surface area (Å²) in [5.41, 5.74) is -0.279. The fourth-order valence-electron chi connectivity index (χ4n) is 2.71. The standard InChI is InChI=1S/C15H11BrClF3N4O2S2/c16-8-4-10(13-21-22-14(27-13)12(19)20)24-5-7(3-9(17)11(8)24)28(25,26)23-15(6-18)1-2-15/h3-5,12,23H,1-2,6H2. The fraction of sp³-hybridized carbons (Fsp3) is 0.333. The van der Waals surface area contributed by atoms with E-state index in [0.29, 0.717) is 39.9 Å². The van der Waals surface area contributed by atoms with Crippen molar-refractivity contribution in [3.63, 3.8) is 0 Å². The lowest BCUT2D eigenvalue weighted by atomic mass is 10.3. The van der Waals surface area contributed by atoms with Crippen LogP contribution in [0.2, 0.25) is 5.02 Å². The van der Waals surface area contributed by atoms with E-state index in [0.717, 1.165) is 0 Å². The maximum Gasteiger partial charge on any atom is 0.291 e. The number of nitrogens with one attached hydrogen (secondary N) is 1. The summed E-state index contributed by atoms with van der Waals surface area (Å²) >= 11 is 10.3. The van der Waals surface area contributed by atoms with Crippen LogP contribution in [0.25, 0.3) is 16.2 Å². The van der Waals surface area contributed by atoms with Crippen molar-refractivity contribution in [1.82, 2.24) is 19.3 Å². The minimum atomic E-state index is -4.04. The third kappa shape index (κ3) is 3.45. The van der Waals surface area contributed by atoms with Crippen LogP contribution >= 0.6 is 38.9 Å². The quantitative estimate of drug-likeness (QED) is 0.521. The first-order valence-corrected chi connectivity index (χ1v) is 11.3. The first-order chi connectivity index (χ1) is 13.2. The SMILES string of the molecule is O=S(=O)(NC1(CF)CC1)c1cc(Cl)c2c(Br)cc(-c3nnc(C(F)F)s3)n2c1. The van der Waals surface area contributed by atoms with Gasteiger partial charge in [0.1, 0.15) is 11.6 Å². The molecule has 13 heteroatoms. The first-order valence-electron chi connectivity index (χ1n) is 7.88. The van der Waals surface area contributed by atoms with Gasteiger partial charge in [-0.15, -0.1) is 10.2 Å². The molecule has 6 nitrogen and oxygen atoms in total. The molecule has 1 aliphatic carbocycles. The van der Waals surface area contributed by atoms with Gasteiger partial charge in [0.2, 0.25) is 10.0 Å². The zero-order valence-electron chi connectivity index (χ0n) is 13.8. The fourth-order valence-corrected chi connectivity index (χ4v) is 6.00. The van der Waals surface area contributed by atoms with Crippen molar-refractivity contribution in [2.24, 2.45) is 0 Å². The Morgan fingerprint density at radius 2 is 2.07 bits per heavy atom. The normalized spacial score (nSPS) is 16.2. The van der Waals surface area contributed by atoms with E-state index in [4.69, 9.17) is 11.6 Å². The number of halogens is 5. The topological polar surface area (TPSA) is 76.4 Å². The smallest absolute Gasteiger partial charge is 0.291 e. The largest absolute Gasteiger partial charge is 0.310 e. The Balaban J connectivity index is 1.85. The van der Waals surface area contributed by atoms with Gasteiger partial charge in [0.25, 0.3) is 6.43 Å². The van der Waals surface area contributed by atoms with Gasteiger partial charge >= 0.3 is 0 Å². The number of alkyl halides is 3. The van der Waals surface area contributed by atoms with Crippen LogP contribution in [0.1, 0.15) is 24.3 Å². The van der Waals surface area contributed by atoms with Gasteiger partial charge in [-0.3, -0.25) is 0 Å². The van der Waals surface area contributed by atoms with E-state index in [-0.39, 0.29) is 14.9 Å². The molecule has 150 valence electrons. The monoisotopic (exact) mass is 514 g/mol. The Morgan fingerprint density at radius 3 is 2.64 bits per heavy atom. The van der Waals surface area contributed by atoms with Crippen LogP contribution in [-0.4, -0.2) is 35.2 Å². The van der Waals surface area contributed by atoms with Crippen molar-refractivity contribution < 1.29 is 21.6 Å². The molecule has 4 rings (SSSR count). The number of pyridine rings is 1. The lowest BCUT2D eigenvalue weighted by Gasteiger charge is -2.14. The molecule has 28 heavy (non-hydrogen) atoms. The van der Waals surface area contributed by atoms with E-state index in [1.165, 1.54) is 16.7 Å². The van der Waals surface area contributed by atoms with E-state index >= 15 is 0 Å². The first kappa shape index (κ1) is 20.1. The van der Waals surface area contributed by atoms with Gasteiger partial charge in [0, 0.05) is 10.7 Å². The maximum absolute atomic E-state index is 13.1. The van der Waals surface area contributed by atoms with Gasteiger partial charge in [0.05, 0.1) is 21.8 Å². The minimum Gasteiger partial charge on any atom is -0.310 e. The molecule has 1 saturated carbocycles. The zero-order valence-corrected chi connectivity index (χ0v) is 17.8. The molecule has 1 aliphatic rings. The number of aromatic nitrogens is 3. The molecule has 0 atom stereocenters. The lowest BCUT2D eigenvalue weighted by Crippen LogP contribution is -2.38. The van der Waals surface area contributed by atoms with Crippen LogP contribution in [0.5, 0.6) is 0 Å². The van der Waals surface area contributed by atoms with Gasteiger partial charge in [-0.05, 0) is 40.9 Å². The molecule has 0 amide bonds. The Bertz CT molecular complexity index is 1180. The molecule has 0 bridgehead atoms. The summed E-state index contributed by atoms with van der Waals surface area (Å²) in [4.78, 5) is -0.173. The summed E-state index contributed by atoms with van der Waals surface area (Å²) in [7, 11) is -4.04. The van der Waals surface area contributed by atoms with Crippen LogP contribution in [-0.2, 0) is 10.0 Å². The van der Waals surface area contributed by atoms with Crippen LogP contribution in [0.3, 0.4) is 0 Å². The molecule has 0 aliphatic heterocycles. The average Bonchev–Trinajstić information content (AvgIpc) is 3.07. The molecule has 0 spiro atoms. The van der Waals surface area contributed by atoms with E-state index < -0.39 is 33.7 Å². The molecule has 3 heterocycles. The summed E-state index contributed by atoms with van der Waals surface area (Å²) in [5.74, 6) is 0. The minimum absolute atomic E-state index is 0.115. The lowest BCUT2D eigenvalue weighted by molar-refractivity contribution is 0.150. The van der Waals surface area contributed by atoms with E-state index in [1.807, 2.05) is 0 Å². The number of sulfonamides is 1. The summed E-state index contributed by atoms with van der Waals surface area (Å²) < 4.78 is 68.6. The van der Waals surface area contributed by atoms with Gasteiger partial charge in [-0.25, -0.2) is 26.3 Å². The van der Waals surface area contributed by atoms with Crippen LogP contribution < -0.4 is 4.72 Å². The van der Waals surface area contributed by atoms with Gasteiger partial charge in [-0.1, -0.05) is 22.9 Å². The highest BCUT2D eigenvalue weighted by molar-refractivity contribution is 9.10.